The first kappa shape index (κ1) is 6.91. The molecule has 0 amide bonds. The number of hydrogen-bond donors (Lipinski definition) is 0. The van der Waals surface area contributed by atoms with Gasteiger partial charge in [0.15, 0.2) is 17.7 Å². The molecular formula is C7H7FO2S. The van der Waals surface area contributed by atoms with Crippen LogP contribution in [0.5, 0.6) is 11.5 Å². The van der Waals surface area contributed by atoms with Crippen LogP contribution in [0.2, 0.25) is 0 Å². The Kier molecular flexibility index (Phi) is 1.69. The highest BCUT2D eigenvalue weighted by molar-refractivity contribution is 7.08. The van der Waals surface area contributed by atoms with Crippen LogP contribution in [0.3, 0.4) is 0 Å². The molecule has 0 spiro atoms. The quantitative estimate of drug-likeness (QED) is 0.597. The smallest absolute Gasteiger partial charge is 0.172 e. The van der Waals surface area contributed by atoms with Gasteiger partial charge in [0.25, 0.3) is 0 Å². The van der Waals surface area contributed by atoms with Gasteiger partial charge in [-0.2, -0.15) is 0 Å². The maximum Gasteiger partial charge on any atom is 0.172 e. The summed E-state index contributed by atoms with van der Waals surface area (Å²) in [5.41, 5.74) is 0. The van der Waals surface area contributed by atoms with Crippen LogP contribution in [0.4, 0.5) is 4.39 Å². The van der Waals surface area contributed by atoms with Crippen molar-refractivity contribution in [1.82, 2.24) is 0 Å². The normalized spacial score (nSPS) is 17.9. The number of fused-ring (bicyclic) bond motifs is 1. The Balaban J connectivity index is 2.20. The largest absolute Gasteiger partial charge is 0.486 e. The van der Waals surface area contributed by atoms with Crippen molar-refractivity contribution in [3.05, 3.63) is 10.8 Å². The van der Waals surface area contributed by atoms with E-state index in [0.717, 1.165) is 0 Å². The maximum atomic E-state index is 12.6. The van der Waals surface area contributed by atoms with Gasteiger partial charge in [-0.15, -0.1) is 11.3 Å². The summed E-state index contributed by atoms with van der Waals surface area (Å²) >= 11 is 1.49. The summed E-state index contributed by atoms with van der Waals surface area (Å²) in [4.78, 5) is 0. The molecule has 1 aromatic rings. The first-order chi connectivity index (χ1) is 5.36. The van der Waals surface area contributed by atoms with E-state index in [9.17, 15) is 4.39 Å². The van der Waals surface area contributed by atoms with Crippen molar-refractivity contribution in [2.45, 2.75) is 6.17 Å². The van der Waals surface area contributed by atoms with Gasteiger partial charge in [0, 0.05) is 10.8 Å². The van der Waals surface area contributed by atoms with E-state index in [2.05, 4.69) is 0 Å². The van der Waals surface area contributed by atoms with Crippen LogP contribution < -0.4 is 9.47 Å². The first-order valence-electron chi connectivity index (χ1n) is 3.32. The Hall–Kier alpha value is -0.770. The van der Waals surface area contributed by atoms with Crippen molar-refractivity contribution in [2.24, 2.45) is 0 Å². The zero-order valence-corrected chi connectivity index (χ0v) is 6.57. The highest BCUT2D eigenvalue weighted by Crippen LogP contribution is 2.33. The van der Waals surface area contributed by atoms with Gasteiger partial charge in [0.2, 0.25) is 0 Å². The molecule has 2 rings (SSSR count). The second-order valence-corrected chi connectivity index (χ2v) is 3.06. The van der Waals surface area contributed by atoms with E-state index in [0.29, 0.717) is 11.5 Å². The summed E-state index contributed by atoms with van der Waals surface area (Å²) in [5, 5.41) is 3.63. The third kappa shape index (κ3) is 1.30. The maximum absolute atomic E-state index is 12.6. The minimum atomic E-state index is -1.01. The molecule has 0 N–H and O–H groups in total. The zero-order chi connectivity index (χ0) is 7.68. The average molecular weight is 174 g/mol. The Bertz CT molecular complexity index is 226. The summed E-state index contributed by atoms with van der Waals surface area (Å²) in [7, 11) is 0. The van der Waals surface area contributed by atoms with Crippen LogP contribution in [0, 0.1) is 0 Å². The van der Waals surface area contributed by atoms with Crippen molar-refractivity contribution < 1.29 is 13.9 Å². The monoisotopic (exact) mass is 174 g/mol. The first-order valence-corrected chi connectivity index (χ1v) is 4.26. The van der Waals surface area contributed by atoms with E-state index in [-0.39, 0.29) is 13.2 Å². The number of hydrogen-bond acceptors (Lipinski definition) is 3. The summed E-state index contributed by atoms with van der Waals surface area (Å²) in [6.45, 7) is 0.202. The van der Waals surface area contributed by atoms with Crippen LogP contribution in [0.1, 0.15) is 0 Å². The van der Waals surface area contributed by atoms with Crippen molar-refractivity contribution >= 4 is 11.3 Å². The van der Waals surface area contributed by atoms with Gasteiger partial charge < -0.3 is 9.47 Å². The molecule has 60 valence electrons. The molecule has 2 heterocycles. The molecule has 0 bridgehead atoms. The molecule has 11 heavy (non-hydrogen) atoms. The van der Waals surface area contributed by atoms with Crippen LogP contribution in [-0.4, -0.2) is 19.4 Å². The molecule has 0 unspecified atom stereocenters. The lowest BCUT2D eigenvalue weighted by atomic mass is 10.4. The van der Waals surface area contributed by atoms with Gasteiger partial charge >= 0.3 is 0 Å². The number of alkyl halides is 1. The lowest BCUT2D eigenvalue weighted by Crippen LogP contribution is -2.17. The van der Waals surface area contributed by atoms with Crippen molar-refractivity contribution in [3.8, 4) is 11.5 Å². The Morgan fingerprint density at radius 3 is 2.36 bits per heavy atom. The van der Waals surface area contributed by atoms with Gasteiger partial charge in [-0.3, -0.25) is 0 Å². The second-order valence-electron chi connectivity index (χ2n) is 2.32. The standard InChI is InChI=1S/C7H7FO2S/c8-5-1-9-6-3-11-4-7(6)10-2-5/h3-5H,1-2H2. The minimum Gasteiger partial charge on any atom is -0.486 e. The molecule has 1 aliphatic rings. The number of rotatable bonds is 0. The van der Waals surface area contributed by atoms with Crippen LogP contribution in [-0.2, 0) is 0 Å². The minimum absolute atomic E-state index is 0.101. The lowest BCUT2D eigenvalue weighted by Gasteiger charge is -2.01. The van der Waals surface area contributed by atoms with E-state index in [1.807, 2.05) is 10.8 Å². The molecular weight excluding hydrogens is 167 g/mol. The van der Waals surface area contributed by atoms with E-state index in [1.54, 1.807) is 0 Å². The van der Waals surface area contributed by atoms with Crippen molar-refractivity contribution in [2.75, 3.05) is 13.2 Å². The third-order valence-corrected chi connectivity index (χ3v) is 2.13. The number of thiophene rings is 1. The molecule has 2 nitrogen and oxygen atoms in total. The predicted molar refractivity (Wildman–Crippen MR) is 40.2 cm³/mol. The molecule has 4 heteroatoms. The summed E-state index contributed by atoms with van der Waals surface area (Å²) in [5.74, 6) is 1.32. The highest BCUT2D eigenvalue weighted by atomic mass is 32.1. The van der Waals surface area contributed by atoms with Crippen LogP contribution in [0.15, 0.2) is 10.8 Å². The zero-order valence-electron chi connectivity index (χ0n) is 5.75. The molecule has 0 aromatic carbocycles. The summed E-state index contributed by atoms with van der Waals surface area (Å²) < 4.78 is 22.9. The van der Waals surface area contributed by atoms with Gasteiger partial charge in [-0.05, 0) is 0 Å². The van der Waals surface area contributed by atoms with Crippen molar-refractivity contribution in [3.63, 3.8) is 0 Å². The highest BCUT2D eigenvalue weighted by Gasteiger charge is 2.17. The van der Waals surface area contributed by atoms with Crippen LogP contribution >= 0.6 is 11.3 Å². The molecule has 0 atom stereocenters. The Labute approximate surface area is 67.6 Å². The lowest BCUT2D eigenvalue weighted by molar-refractivity contribution is 0.162. The molecule has 0 saturated heterocycles. The fourth-order valence-corrected chi connectivity index (χ4v) is 1.58. The topological polar surface area (TPSA) is 18.5 Å². The fourth-order valence-electron chi connectivity index (χ4n) is 0.893. The van der Waals surface area contributed by atoms with E-state index in [1.165, 1.54) is 11.3 Å². The van der Waals surface area contributed by atoms with Crippen molar-refractivity contribution in [1.29, 1.82) is 0 Å². The second kappa shape index (κ2) is 2.70. The summed E-state index contributed by atoms with van der Waals surface area (Å²) in [6.07, 6.45) is -1.01. The number of halogens is 1. The van der Waals surface area contributed by atoms with Gasteiger partial charge in [0.05, 0.1) is 0 Å². The predicted octanol–water partition coefficient (Wildman–Crippen LogP) is 1.86. The number of ether oxygens (including phenoxy) is 2. The molecule has 1 aromatic heterocycles. The fraction of sp³-hybridized carbons (Fsp3) is 0.429. The van der Waals surface area contributed by atoms with Crippen LogP contribution in [0.25, 0.3) is 0 Å². The molecule has 0 radical (unpaired) electrons. The molecule has 0 saturated carbocycles. The average Bonchev–Trinajstić information content (AvgIpc) is 2.38. The Morgan fingerprint density at radius 2 is 1.82 bits per heavy atom. The summed E-state index contributed by atoms with van der Waals surface area (Å²) in [6, 6.07) is 0. The SMILES string of the molecule is FC1COc2cscc2OC1. The van der Waals surface area contributed by atoms with Gasteiger partial charge in [-0.25, -0.2) is 4.39 Å². The van der Waals surface area contributed by atoms with Gasteiger partial charge in [-0.1, -0.05) is 0 Å². The van der Waals surface area contributed by atoms with E-state index >= 15 is 0 Å². The van der Waals surface area contributed by atoms with Gasteiger partial charge in [0.1, 0.15) is 13.2 Å². The van der Waals surface area contributed by atoms with E-state index in [4.69, 9.17) is 9.47 Å². The Morgan fingerprint density at radius 1 is 1.27 bits per heavy atom. The molecule has 0 aliphatic carbocycles. The molecule has 1 aliphatic heterocycles. The molecule has 0 fully saturated rings. The van der Waals surface area contributed by atoms with E-state index < -0.39 is 6.17 Å². The third-order valence-electron chi connectivity index (χ3n) is 1.43.